The third-order valence-electron chi connectivity index (χ3n) is 6.63. The number of ketones is 2. The molecule has 10 heteroatoms. The van der Waals surface area contributed by atoms with Crippen LogP contribution < -0.4 is 9.64 Å². The molecule has 1 N–H and O–H groups in total. The van der Waals surface area contributed by atoms with Crippen molar-refractivity contribution in [3.8, 4) is 5.75 Å². The zero-order valence-corrected chi connectivity index (χ0v) is 24.6. The first-order chi connectivity index (χ1) is 19.5. The molecule has 1 fully saturated rings. The Morgan fingerprint density at radius 1 is 1.02 bits per heavy atom. The highest BCUT2D eigenvalue weighted by atomic mass is 35.5. The van der Waals surface area contributed by atoms with E-state index in [0.717, 1.165) is 22.5 Å². The van der Waals surface area contributed by atoms with Crippen molar-refractivity contribution >= 4 is 62.9 Å². The summed E-state index contributed by atoms with van der Waals surface area (Å²) in [5, 5.41) is 12.1. The first-order valence-corrected chi connectivity index (χ1v) is 14.2. The fraction of sp³-hybridized carbons (Fsp3) is 0.161. The van der Waals surface area contributed by atoms with Gasteiger partial charge in [0.2, 0.25) is 0 Å². The molecule has 0 bridgehead atoms. The number of ether oxygens (including phenoxy) is 1. The SMILES string of the molecule is CC(=O)c1sc(N2C(=O)C(=O)/C(=C(/O)c3ccc(OCc4cccc(C)c4)cc3)C2c2ccc(Cl)c(Cl)c2)nc1C. The highest BCUT2D eigenvalue weighted by Gasteiger charge is 2.48. The fourth-order valence-corrected chi connectivity index (χ4v) is 5.97. The van der Waals surface area contributed by atoms with Crippen molar-refractivity contribution < 1.29 is 24.2 Å². The largest absolute Gasteiger partial charge is 0.507 e. The number of benzene rings is 3. The second kappa shape index (κ2) is 11.5. The first kappa shape index (κ1) is 28.5. The molecule has 1 aliphatic heterocycles. The lowest BCUT2D eigenvalue weighted by molar-refractivity contribution is -0.132. The van der Waals surface area contributed by atoms with E-state index in [1.165, 1.54) is 17.9 Å². The van der Waals surface area contributed by atoms with Crippen LogP contribution in [0.4, 0.5) is 5.13 Å². The second-order valence-electron chi connectivity index (χ2n) is 9.61. The molecule has 1 unspecified atom stereocenters. The number of halogens is 2. The summed E-state index contributed by atoms with van der Waals surface area (Å²) in [7, 11) is 0. The van der Waals surface area contributed by atoms with E-state index in [-0.39, 0.29) is 32.3 Å². The van der Waals surface area contributed by atoms with Crippen LogP contribution in [0.15, 0.2) is 72.3 Å². The number of rotatable bonds is 7. The zero-order valence-electron chi connectivity index (χ0n) is 22.3. The number of hydrogen-bond acceptors (Lipinski definition) is 7. The molecule has 1 amide bonds. The molecule has 1 aliphatic rings. The van der Waals surface area contributed by atoms with E-state index in [1.54, 1.807) is 43.3 Å². The molecule has 7 nitrogen and oxygen atoms in total. The summed E-state index contributed by atoms with van der Waals surface area (Å²) in [5.74, 6) is -1.79. The second-order valence-corrected chi connectivity index (χ2v) is 11.4. The van der Waals surface area contributed by atoms with Crippen molar-refractivity contribution in [1.82, 2.24) is 4.98 Å². The summed E-state index contributed by atoms with van der Waals surface area (Å²) < 4.78 is 5.88. The number of amides is 1. The van der Waals surface area contributed by atoms with Gasteiger partial charge in [0.15, 0.2) is 10.9 Å². The molecule has 3 aromatic carbocycles. The molecular weight excluding hydrogens is 583 g/mol. The highest BCUT2D eigenvalue weighted by molar-refractivity contribution is 7.18. The van der Waals surface area contributed by atoms with Gasteiger partial charge in [-0.15, -0.1) is 0 Å². The summed E-state index contributed by atoms with van der Waals surface area (Å²) in [5.41, 5.74) is 3.20. The molecule has 4 aromatic rings. The number of nitrogens with zero attached hydrogens (tertiary/aromatic N) is 2. The number of carbonyl (C=O) groups is 3. The molecule has 2 heterocycles. The number of carbonyl (C=O) groups excluding carboxylic acids is 3. The van der Waals surface area contributed by atoms with E-state index in [9.17, 15) is 19.5 Å². The van der Waals surface area contributed by atoms with E-state index < -0.39 is 17.7 Å². The number of aryl methyl sites for hydroxylation is 2. The average molecular weight is 608 g/mol. The summed E-state index contributed by atoms with van der Waals surface area (Å²) in [6.45, 7) is 5.44. The van der Waals surface area contributed by atoms with Gasteiger partial charge in [0.1, 0.15) is 18.1 Å². The van der Waals surface area contributed by atoms with Gasteiger partial charge in [-0.1, -0.05) is 70.4 Å². The van der Waals surface area contributed by atoms with Gasteiger partial charge in [-0.2, -0.15) is 0 Å². The van der Waals surface area contributed by atoms with Gasteiger partial charge in [0.05, 0.1) is 32.2 Å². The lowest BCUT2D eigenvalue weighted by atomic mass is 9.95. The van der Waals surface area contributed by atoms with Crippen molar-refractivity contribution in [3.63, 3.8) is 0 Å². The Morgan fingerprint density at radius 2 is 1.76 bits per heavy atom. The van der Waals surface area contributed by atoms with Crippen LogP contribution in [0.5, 0.6) is 5.75 Å². The molecule has 5 rings (SSSR count). The number of aliphatic hydroxyl groups is 1. The highest BCUT2D eigenvalue weighted by Crippen LogP contribution is 2.45. The molecule has 41 heavy (non-hydrogen) atoms. The Bertz CT molecular complexity index is 1730. The van der Waals surface area contributed by atoms with Crippen LogP contribution in [0.25, 0.3) is 5.76 Å². The monoisotopic (exact) mass is 606 g/mol. The lowest BCUT2D eigenvalue weighted by Gasteiger charge is -2.23. The van der Waals surface area contributed by atoms with E-state index in [4.69, 9.17) is 27.9 Å². The van der Waals surface area contributed by atoms with Crippen LogP contribution in [-0.4, -0.2) is 27.6 Å². The molecule has 1 saturated heterocycles. The summed E-state index contributed by atoms with van der Waals surface area (Å²) in [6, 6.07) is 18.2. The maximum atomic E-state index is 13.4. The van der Waals surface area contributed by atoms with Crippen LogP contribution in [0.1, 0.15) is 50.6 Å². The predicted molar refractivity (Wildman–Crippen MR) is 160 cm³/mol. The van der Waals surface area contributed by atoms with Gasteiger partial charge in [0, 0.05) is 12.5 Å². The third-order valence-corrected chi connectivity index (χ3v) is 8.63. The predicted octanol–water partition coefficient (Wildman–Crippen LogP) is 7.47. The zero-order chi connectivity index (χ0) is 29.4. The van der Waals surface area contributed by atoms with Gasteiger partial charge < -0.3 is 9.84 Å². The molecular formula is C31H24Cl2N2O5S. The van der Waals surface area contributed by atoms with Gasteiger partial charge in [-0.3, -0.25) is 19.3 Å². The van der Waals surface area contributed by atoms with Crippen LogP contribution in [0, 0.1) is 13.8 Å². The fourth-order valence-electron chi connectivity index (χ4n) is 4.67. The molecule has 0 spiro atoms. The molecule has 1 aromatic heterocycles. The third kappa shape index (κ3) is 5.63. The van der Waals surface area contributed by atoms with Crippen molar-refractivity contribution in [3.05, 3.63) is 115 Å². The Hall–Kier alpha value is -3.98. The topological polar surface area (TPSA) is 96.8 Å². The van der Waals surface area contributed by atoms with Gasteiger partial charge in [0.25, 0.3) is 5.78 Å². The van der Waals surface area contributed by atoms with Gasteiger partial charge >= 0.3 is 5.91 Å². The van der Waals surface area contributed by atoms with Crippen LogP contribution in [0.3, 0.4) is 0 Å². The lowest BCUT2D eigenvalue weighted by Crippen LogP contribution is -2.29. The number of aliphatic hydroxyl groups excluding tert-OH is 1. The van der Waals surface area contributed by atoms with E-state index in [1.807, 2.05) is 31.2 Å². The number of thiazole rings is 1. The average Bonchev–Trinajstić information content (AvgIpc) is 3.45. The minimum Gasteiger partial charge on any atom is -0.507 e. The van der Waals surface area contributed by atoms with E-state index >= 15 is 0 Å². The minimum atomic E-state index is -1.06. The number of Topliss-reactive ketones (excluding diaryl/α,β-unsaturated/α-hetero) is 2. The number of hydrogen-bond donors (Lipinski definition) is 1. The summed E-state index contributed by atoms with van der Waals surface area (Å²) in [6.07, 6.45) is 0. The van der Waals surface area contributed by atoms with E-state index in [2.05, 4.69) is 4.98 Å². The molecule has 0 saturated carbocycles. The Morgan fingerprint density at radius 3 is 2.39 bits per heavy atom. The summed E-state index contributed by atoms with van der Waals surface area (Å²) >= 11 is 13.4. The Balaban J connectivity index is 1.55. The maximum Gasteiger partial charge on any atom is 0.301 e. The van der Waals surface area contributed by atoms with Gasteiger partial charge in [-0.05, 0) is 61.4 Å². The Labute approximate surface area is 250 Å². The first-order valence-electron chi connectivity index (χ1n) is 12.6. The number of aromatic nitrogens is 1. The molecule has 0 aliphatic carbocycles. The van der Waals surface area contributed by atoms with Crippen molar-refractivity contribution in [2.45, 2.75) is 33.4 Å². The van der Waals surface area contributed by atoms with Crippen LogP contribution in [-0.2, 0) is 16.2 Å². The Kier molecular flexibility index (Phi) is 8.00. The minimum absolute atomic E-state index is 0.140. The van der Waals surface area contributed by atoms with Crippen molar-refractivity contribution in [2.75, 3.05) is 4.90 Å². The summed E-state index contributed by atoms with van der Waals surface area (Å²) in [4.78, 5) is 44.9. The van der Waals surface area contributed by atoms with Gasteiger partial charge in [-0.25, -0.2) is 4.98 Å². The maximum absolute atomic E-state index is 13.4. The normalized spacial score (nSPS) is 16.3. The van der Waals surface area contributed by atoms with Crippen LogP contribution in [0.2, 0.25) is 10.0 Å². The van der Waals surface area contributed by atoms with Crippen LogP contribution >= 0.6 is 34.5 Å². The standard InChI is InChI=1S/C31H24Cl2N2O5S/c1-16-5-4-6-19(13-16)15-40-22-10-7-20(8-11-22)27(37)25-26(21-9-12-23(32)24(33)14-21)35(30(39)28(25)38)31-34-17(2)29(41-31)18(3)36/h4-14,26,37H,15H2,1-3H3/b27-25+. The number of anilines is 1. The van der Waals surface area contributed by atoms with Crippen molar-refractivity contribution in [1.29, 1.82) is 0 Å². The molecule has 1 atom stereocenters. The van der Waals surface area contributed by atoms with Crippen molar-refractivity contribution in [2.24, 2.45) is 0 Å². The quantitative estimate of drug-likeness (QED) is 0.101. The molecule has 208 valence electrons. The smallest absolute Gasteiger partial charge is 0.301 e. The van der Waals surface area contributed by atoms with E-state index in [0.29, 0.717) is 34.1 Å². The molecule has 0 radical (unpaired) electrons.